The van der Waals surface area contributed by atoms with Crippen LogP contribution in [0.15, 0.2) is 53.9 Å². The van der Waals surface area contributed by atoms with Crippen LogP contribution in [0.2, 0.25) is 0 Å². The maximum atomic E-state index is 13.3. The number of hydrogen-bond donors (Lipinski definition) is 1. The highest BCUT2D eigenvalue weighted by molar-refractivity contribution is 7.12. The lowest BCUT2D eigenvalue weighted by molar-refractivity contribution is 0.0954. The SMILES string of the molecule is O=C(NCCc1cccc2ccccc12)c1sccc1F. The molecule has 0 spiro atoms. The van der Waals surface area contributed by atoms with Crippen molar-refractivity contribution in [3.63, 3.8) is 0 Å². The molecule has 1 amide bonds. The smallest absolute Gasteiger partial charge is 0.264 e. The molecule has 3 aromatic rings. The monoisotopic (exact) mass is 299 g/mol. The Hall–Kier alpha value is -2.20. The third-order valence-corrected chi connectivity index (χ3v) is 4.27. The Morgan fingerprint density at radius 3 is 2.71 bits per heavy atom. The van der Waals surface area contributed by atoms with Gasteiger partial charge in [0.25, 0.3) is 5.91 Å². The zero-order valence-electron chi connectivity index (χ0n) is 11.3. The minimum absolute atomic E-state index is 0.146. The summed E-state index contributed by atoms with van der Waals surface area (Å²) in [4.78, 5) is 12.0. The Bertz CT molecular complexity index is 776. The quantitative estimate of drug-likeness (QED) is 0.775. The van der Waals surface area contributed by atoms with Crippen LogP contribution < -0.4 is 5.32 Å². The normalized spacial score (nSPS) is 10.7. The average Bonchev–Trinajstić information content (AvgIpc) is 2.93. The van der Waals surface area contributed by atoms with E-state index < -0.39 is 5.82 Å². The lowest BCUT2D eigenvalue weighted by atomic mass is 10.0. The van der Waals surface area contributed by atoms with Crippen LogP contribution in [0, 0.1) is 5.82 Å². The Morgan fingerprint density at radius 1 is 1.10 bits per heavy atom. The molecule has 1 heterocycles. The fraction of sp³-hybridized carbons (Fsp3) is 0.118. The Morgan fingerprint density at radius 2 is 1.90 bits per heavy atom. The molecular formula is C17H14FNOS. The molecule has 0 aliphatic carbocycles. The van der Waals surface area contributed by atoms with E-state index in [2.05, 4.69) is 29.6 Å². The molecule has 0 aliphatic rings. The fourth-order valence-electron chi connectivity index (χ4n) is 2.36. The van der Waals surface area contributed by atoms with E-state index >= 15 is 0 Å². The van der Waals surface area contributed by atoms with Crippen LogP contribution >= 0.6 is 11.3 Å². The topological polar surface area (TPSA) is 29.1 Å². The summed E-state index contributed by atoms with van der Waals surface area (Å²) >= 11 is 1.12. The lowest BCUT2D eigenvalue weighted by Crippen LogP contribution is -2.25. The molecule has 0 saturated carbocycles. The van der Waals surface area contributed by atoms with Crippen molar-refractivity contribution in [3.8, 4) is 0 Å². The molecule has 0 aliphatic heterocycles. The maximum absolute atomic E-state index is 13.3. The molecule has 0 saturated heterocycles. The van der Waals surface area contributed by atoms with Crippen molar-refractivity contribution >= 4 is 28.0 Å². The number of benzene rings is 2. The van der Waals surface area contributed by atoms with Crippen molar-refractivity contribution in [2.45, 2.75) is 6.42 Å². The first kappa shape index (κ1) is 13.8. The van der Waals surface area contributed by atoms with Crippen molar-refractivity contribution in [2.75, 3.05) is 6.54 Å². The van der Waals surface area contributed by atoms with Gasteiger partial charge in [-0.05, 0) is 34.2 Å². The van der Waals surface area contributed by atoms with E-state index in [1.165, 1.54) is 22.4 Å². The molecular weight excluding hydrogens is 285 g/mol. The second-order valence-corrected chi connectivity index (χ2v) is 5.66. The van der Waals surface area contributed by atoms with Gasteiger partial charge in [-0.2, -0.15) is 0 Å². The van der Waals surface area contributed by atoms with Gasteiger partial charge in [-0.15, -0.1) is 11.3 Å². The molecule has 3 rings (SSSR count). The molecule has 106 valence electrons. The van der Waals surface area contributed by atoms with Crippen molar-refractivity contribution in [1.29, 1.82) is 0 Å². The van der Waals surface area contributed by atoms with Crippen molar-refractivity contribution in [1.82, 2.24) is 5.32 Å². The first-order valence-electron chi connectivity index (χ1n) is 6.73. The number of fused-ring (bicyclic) bond motifs is 1. The van der Waals surface area contributed by atoms with Crippen LogP contribution in [0.1, 0.15) is 15.2 Å². The summed E-state index contributed by atoms with van der Waals surface area (Å²) in [6, 6.07) is 15.6. The number of carbonyl (C=O) groups is 1. The van der Waals surface area contributed by atoms with Gasteiger partial charge < -0.3 is 5.32 Å². The van der Waals surface area contributed by atoms with Gasteiger partial charge in [0.15, 0.2) is 0 Å². The summed E-state index contributed by atoms with van der Waals surface area (Å²) in [6.45, 7) is 0.490. The van der Waals surface area contributed by atoms with Gasteiger partial charge >= 0.3 is 0 Å². The van der Waals surface area contributed by atoms with E-state index in [0.29, 0.717) is 6.54 Å². The minimum atomic E-state index is -0.456. The van der Waals surface area contributed by atoms with Gasteiger partial charge in [-0.25, -0.2) is 4.39 Å². The van der Waals surface area contributed by atoms with Crippen LogP contribution in [-0.2, 0) is 6.42 Å². The Labute approximate surface area is 126 Å². The number of halogens is 1. The maximum Gasteiger partial charge on any atom is 0.264 e. The van der Waals surface area contributed by atoms with Crippen LogP contribution in [0.25, 0.3) is 10.8 Å². The number of amides is 1. The molecule has 1 aromatic heterocycles. The van der Waals surface area contributed by atoms with E-state index in [0.717, 1.165) is 17.8 Å². The molecule has 2 nitrogen and oxygen atoms in total. The van der Waals surface area contributed by atoms with Crippen molar-refractivity contribution < 1.29 is 9.18 Å². The fourth-order valence-corrected chi connectivity index (χ4v) is 3.04. The van der Waals surface area contributed by atoms with Crippen molar-refractivity contribution in [3.05, 3.63) is 70.2 Å². The van der Waals surface area contributed by atoms with E-state index in [9.17, 15) is 9.18 Å². The second kappa shape index (κ2) is 6.06. The van der Waals surface area contributed by atoms with Gasteiger partial charge in [-0.1, -0.05) is 42.5 Å². The summed E-state index contributed by atoms with van der Waals surface area (Å²) in [5, 5.41) is 6.73. The average molecular weight is 299 g/mol. The molecule has 1 N–H and O–H groups in total. The zero-order valence-corrected chi connectivity index (χ0v) is 12.1. The summed E-state index contributed by atoms with van der Waals surface area (Å²) in [5.74, 6) is -0.801. The lowest BCUT2D eigenvalue weighted by Gasteiger charge is -2.07. The minimum Gasteiger partial charge on any atom is -0.351 e. The number of rotatable bonds is 4. The number of hydrogen-bond acceptors (Lipinski definition) is 2. The van der Waals surface area contributed by atoms with Crippen LogP contribution in [0.3, 0.4) is 0 Å². The summed E-state index contributed by atoms with van der Waals surface area (Å²) in [5.41, 5.74) is 1.18. The molecule has 21 heavy (non-hydrogen) atoms. The standard InChI is InChI=1S/C17H14FNOS/c18-15-9-11-21-16(15)17(20)19-10-8-13-6-3-5-12-4-1-2-7-14(12)13/h1-7,9,11H,8,10H2,(H,19,20). The zero-order chi connectivity index (χ0) is 14.7. The molecule has 2 aromatic carbocycles. The molecule has 0 radical (unpaired) electrons. The second-order valence-electron chi connectivity index (χ2n) is 4.74. The third kappa shape index (κ3) is 2.95. The molecule has 0 bridgehead atoms. The first-order valence-corrected chi connectivity index (χ1v) is 7.61. The Balaban J connectivity index is 1.67. The highest BCUT2D eigenvalue weighted by Crippen LogP contribution is 2.19. The van der Waals surface area contributed by atoms with E-state index in [1.54, 1.807) is 5.38 Å². The molecule has 4 heteroatoms. The third-order valence-electron chi connectivity index (χ3n) is 3.38. The highest BCUT2D eigenvalue weighted by Gasteiger charge is 2.12. The predicted octanol–water partition coefficient (Wildman–Crippen LogP) is 4.01. The largest absolute Gasteiger partial charge is 0.351 e. The first-order chi connectivity index (χ1) is 10.3. The van der Waals surface area contributed by atoms with Gasteiger partial charge in [-0.3, -0.25) is 4.79 Å². The highest BCUT2D eigenvalue weighted by atomic mass is 32.1. The van der Waals surface area contributed by atoms with Crippen LogP contribution in [0.5, 0.6) is 0 Å². The van der Waals surface area contributed by atoms with Gasteiger partial charge in [0.2, 0.25) is 0 Å². The molecule has 0 atom stereocenters. The summed E-state index contributed by atoms with van der Waals surface area (Å²) in [7, 11) is 0. The van der Waals surface area contributed by atoms with Gasteiger partial charge in [0.05, 0.1) is 0 Å². The summed E-state index contributed by atoms with van der Waals surface area (Å²) in [6.07, 6.45) is 0.722. The summed E-state index contributed by atoms with van der Waals surface area (Å²) < 4.78 is 13.3. The van der Waals surface area contributed by atoms with E-state index in [1.807, 2.05) is 18.2 Å². The van der Waals surface area contributed by atoms with E-state index in [4.69, 9.17) is 0 Å². The number of thiophene rings is 1. The Kier molecular flexibility index (Phi) is 3.97. The van der Waals surface area contributed by atoms with Gasteiger partial charge in [0, 0.05) is 6.54 Å². The van der Waals surface area contributed by atoms with E-state index in [-0.39, 0.29) is 10.8 Å². The number of nitrogens with one attached hydrogen (secondary N) is 1. The van der Waals surface area contributed by atoms with Gasteiger partial charge in [0.1, 0.15) is 10.7 Å². The van der Waals surface area contributed by atoms with Crippen molar-refractivity contribution in [2.24, 2.45) is 0 Å². The van der Waals surface area contributed by atoms with Crippen LogP contribution in [0.4, 0.5) is 4.39 Å². The van der Waals surface area contributed by atoms with Crippen LogP contribution in [-0.4, -0.2) is 12.5 Å². The molecule has 0 unspecified atom stereocenters. The number of carbonyl (C=O) groups excluding carboxylic acids is 1. The predicted molar refractivity (Wildman–Crippen MR) is 84.3 cm³/mol. The molecule has 0 fully saturated rings.